The zero-order valence-electron chi connectivity index (χ0n) is 9.54. The van der Waals surface area contributed by atoms with E-state index in [9.17, 15) is 0 Å². The molecule has 0 heterocycles. The van der Waals surface area contributed by atoms with Crippen LogP contribution in [0, 0.1) is 0 Å². The van der Waals surface area contributed by atoms with Crippen LogP contribution in [0.25, 0.3) is 0 Å². The molecule has 1 nitrogen and oxygen atoms in total. The van der Waals surface area contributed by atoms with E-state index in [2.05, 4.69) is 26.0 Å². The maximum absolute atomic E-state index is 6.18. The third-order valence-corrected chi connectivity index (χ3v) is 3.15. The zero-order valence-corrected chi connectivity index (χ0v) is 10.3. The molecular weight excluding hydrogens is 206 g/mol. The van der Waals surface area contributed by atoms with Gasteiger partial charge in [0.25, 0.3) is 0 Å². The summed E-state index contributed by atoms with van der Waals surface area (Å²) in [6.45, 7) is 4.26. The second kappa shape index (κ2) is 6.14. The number of rotatable bonds is 5. The monoisotopic (exact) mass is 225 g/mol. The van der Waals surface area contributed by atoms with Crippen LogP contribution < -0.4 is 5.73 Å². The summed E-state index contributed by atoms with van der Waals surface area (Å²) in [4.78, 5) is 0. The van der Waals surface area contributed by atoms with Crippen LogP contribution in [0.3, 0.4) is 0 Å². The lowest BCUT2D eigenvalue weighted by Gasteiger charge is -2.17. The summed E-state index contributed by atoms with van der Waals surface area (Å²) in [6.07, 6.45) is 3.30. The summed E-state index contributed by atoms with van der Waals surface area (Å²) in [6, 6.07) is 8.39. The van der Waals surface area contributed by atoms with Crippen molar-refractivity contribution < 1.29 is 0 Å². The van der Waals surface area contributed by atoms with E-state index in [4.69, 9.17) is 17.3 Å². The molecule has 0 fully saturated rings. The molecule has 0 radical (unpaired) electrons. The topological polar surface area (TPSA) is 26.0 Å². The predicted molar refractivity (Wildman–Crippen MR) is 67.4 cm³/mol. The second-order valence-corrected chi connectivity index (χ2v) is 4.59. The summed E-state index contributed by atoms with van der Waals surface area (Å²) in [5.41, 5.74) is 7.04. The zero-order chi connectivity index (χ0) is 11.3. The van der Waals surface area contributed by atoms with Gasteiger partial charge in [-0.2, -0.15) is 0 Å². The van der Waals surface area contributed by atoms with Crippen LogP contribution in [0.15, 0.2) is 24.3 Å². The van der Waals surface area contributed by atoms with Crippen LogP contribution in [0.4, 0.5) is 0 Å². The molecule has 0 saturated heterocycles. The molecule has 0 amide bonds. The Morgan fingerprint density at radius 1 is 1.27 bits per heavy atom. The Morgan fingerprint density at radius 2 is 1.93 bits per heavy atom. The highest BCUT2D eigenvalue weighted by atomic mass is 35.5. The third-order valence-electron chi connectivity index (χ3n) is 2.81. The number of nitrogens with two attached hydrogens (primary N) is 1. The fourth-order valence-electron chi connectivity index (χ4n) is 1.85. The first-order valence-corrected chi connectivity index (χ1v) is 6.03. The molecule has 0 aliphatic rings. The second-order valence-electron chi connectivity index (χ2n) is 4.18. The van der Waals surface area contributed by atoms with E-state index >= 15 is 0 Å². The van der Waals surface area contributed by atoms with E-state index in [-0.39, 0.29) is 6.04 Å². The number of hydrogen-bond donors (Lipinski definition) is 1. The Balaban J connectivity index is 2.70. The van der Waals surface area contributed by atoms with E-state index in [0.29, 0.717) is 5.92 Å². The standard InChI is InChI=1S/C13H20ClN/c1-3-11(9-8-10(2)15)12-6-4-5-7-13(12)14/h4-7,10-11H,3,8-9,15H2,1-2H3. The van der Waals surface area contributed by atoms with Gasteiger partial charge in [-0.15, -0.1) is 0 Å². The van der Waals surface area contributed by atoms with Gasteiger partial charge < -0.3 is 5.73 Å². The number of hydrogen-bond acceptors (Lipinski definition) is 1. The molecule has 2 unspecified atom stereocenters. The SMILES string of the molecule is CCC(CCC(C)N)c1ccccc1Cl. The Kier molecular flexibility index (Phi) is 5.13. The van der Waals surface area contributed by atoms with E-state index in [0.717, 1.165) is 24.3 Å². The molecule has 1 rings (SSSR count). The molecule has 2 atom stereocenters. The Hall–Kier alpha value is -0.530. The van der Waals surface area contributed by atoms with Gasteiger partial charge in [0.1, 0.15) is 0 Å². The van der Waals surface area contributed by atoms with E-state index in [1.807, 2.05) is 12.1 Å². The summed E-state index contributed by atoms with van der Waals surface area (Å²) in [5, 5.41) is 0.883. The van der Waals surface area contributed by atoms with Crippen LogP contribution in [-0.4, -0.2) is 6.04 Å². The lowest BCUT2D eigenvalue weighted by molar-refractivity contribution is 0.532. The average molecular weight is 226 g/mol. The smallest absolute Gasteiger partial charge is 0.0440 e. The molecule has 2 N–H and O–H groups in total. The summed E-state index contributed by atoms with van der Waals surface area (Å²) >= 11 is 6.18. The number of benzene rings is 1. The summed E-state index contributed by atoms with van der Waals surface area (Å²) in [5.74, 6) is 0.546. The van der Waals surface area contributed by atoms with Crippen molar-refractivity contribution >= 4 is 11.6 Å². The minimum Gasteiger partial charge on any atom is -0.328 e. The average Bonchev–Trinajstić information content (AvgIpc) is 2.21. The maximum atomic E-state index is 6.18. The first-order chi connectivity index (χ1) is 7.15. The fraction of sp³-hybridized carbons (Fsp3) is 0.538. The van der Waals surface area contributed by atoms with Crippen molar-refractivity contribution in [3.63, 3.8) is 0 Å². The Labute approximate surface area is 97.6 Å². The molecule has 84 valence electrons. The highest BCUT2D eigenvalue weighted by Crippen LogP contribution is 2.30. The van der Waals surface area contributed by atoms with Crippen molar-refractivity contribution in [2.75, 3.05) is 0 Å². The highest BCUT2D eigenvalue weighted by molar-refractivity contribution is 6.31. The molecule has 0 aromatic heterocycles. The molecule has 1 aromatic rings. The van der Waals surface area contributed by atoms with Gasteiger partial charge in [-0.05, 0) is 43.7 Å². The molecule has 1 aromatic carbocycles. The first kappa shape index (κ1) is 12.5. The fourth-order valence-corrected chi connectivity index (χ4v) is 2.14. The highest BCUT2D eigenvalue weighted by Gasteiger charge is 2.12. The van der Waals surface area contributed by atoms with Crippen molar-refractivity contribution in [3.05, 3.63) is 34.9 Å². The van der Waals surface area contributed by atoms with Gasteiger partial charge in [0.05, 0.1) is 0 Å². The molecule has 0 aliphatic carbocycles. The molecular formula is C13H20ClN. The van der Waals surface area contributed by atoms with Crippen molar-refractivity contribution in [2.24, 2.45) is 5.73 Å². The molecule has 2 heteroatoms. The quantitative estimate of drug-likeness (QED) is 0.807. The molecule has 0 bridgehead atoms. The Morgan fingerprint density at radius 3 is 2.47 bits per heavy atom. The van der Waals surface area contributed by atoms with Crippen LogP contribution in [0.1, 0.15) is 44.6 Å². The van der Waals surface area contributed by atoms with Gasteiger partial charge >= 0.3 is 0 Å². The normalized spacial score (nSPS) is 14.9. The largest absolute Gasteiger partial charge is 0.328 e. The summed E-state index contributed by atoms with van der Waals surface area (Å²) < 4.78 is 0. The first-order valence-electron chi connectivity index (χ1n) is 5.65. The van der Waals surface area contributed by atoms with Crippen molar-refractivity contribution in [3.8, 4) is 0 Å². The van der Waals surface area contributed by atoms with Gasteiger partial charge in [0, 0.05) is 11.1 Å². The summed E-state index contributed by atoms with van der Waals surface area (Å²) in [7, 11) is 0. The van der Waals surface area contributed by atoms with Gasteiger partial charge in [0.2, 0.25) is 0 Å². The van der Waals surface area contributed by atoms with Crippen molar-refractivity contribution in [2.45, 2.75) is 45.1 Å². The third kappa shape index (κ3) is 3.84. The van der Waals surface area contributed by atoms with Gasteiger partial charge in [-0.3, -0.25) is 0 Å². The number of halogens is 1. The molecule has 0 saturated carbocycles. The maximum Gasteiger partial charge on any atom is 0.0440 e. The van der Waals surface area contributed by atoms with Crippen molar-refractivity contribution in [1.82, 2.24) is 0 Å². The van der Waals surface area contributed by atoms with E-state index < -0.39 is 0 Å². The predicted octanol–water partition coefficient (Wildman–Crippen LogP) is 3.96. The molecule has 15 heavy (non-hydrogen) atoms. The van der Waals surface area contributed by atoms with Gasteiger partial charge in [0.15, 0.2) is 0 Å². The minimum atomic E-state index is 0.279. The van der Waals surface area contributed by atoms with Crippen LogP contribution >= 0.6 is 11.6 Å². The lowest BCUT2D eigenvalue weighted by Crippen LogP contribution is -2.15. The van der Waals surface area contributed by atoms with E-state index in [1.165, 1.54) is 5.56 Å². The van der Waals surface area contributed by atoms with E-state index in [1.54, 1.807) is 0 Å². The van der Waals surface area contributed by atoms with Crippen LogP contribution in [0.5, 0.6) is 0 Å². The van der Waals surface area contributed by atoms with Crippen molar-refractivity contribution in [1.29, 1.82) is 0 Å². The van der Waals surface area contributed by atoms with Crippen LogP contribution in [0.2, 0.25) is 5.02 Å². The molecule has 0 aliphatic heterocycles. The Bertz CT molecular complexity index is 296. The van der Waals surface area contributed by atoms with Crippen LogP contribution in [-0.2, 0) is 0 Å². The van der Waals surface area contributed by atoms with Gasteiger partial charge in [-0.1, -0.05) is 36.7 Å². The van der Waals surface area contributed by atoms with Gasteiger partial charge in [-0.25, -0.2) is 0 Å². The molecule has 0 spiro atoms. The minimum absolute atomic E-state index is 0.279. The lowest BCUT2D eigenvalue weighted by atomic mass is 9.90.